The molecular weight excluding hydrogens is 652 g/mol. The summed E-state index contributed by atoms with van der Waals surface area (Å²) in [5.74, 6) is -2.38. The first-order chi connectivity index (χ1) is 24.7. The summed E-state index contributed by atoms with van der Waals surface area (Å²) >= 11 is 0. The maximum atomic E-state index is 13.9. The summed E-state index contributed by atoms with van der Waals surface area (Å²) < 4.78 is 34.7. The molecule has 0 aromatic heterocycles. The minimum atomic E-state index is -0.960. The predicted molar refractivity (Wildman–Crippen MR) is 193 cm³/mol. The van der Waals surface area contributed by atoms with E-state index in [1.54, 1.807) is 6.07 Å². The van der Waals surface area contributed by atoms with Crippen molar-refractivity contribution in [2.75, 3.05) is 27.4 Å². The molecule has 0 unspecified atom stereocenters. The fourth-order valence-electron chi connectivity index (χ4n) is 6.33. The lowest BCUT2D eigenvalue weighted by Crippen LogP contribution is -2.34. The first kappa shape index (κ1) is 39.4. The van der Waals surface area contributed by atoms with Crippen molar-refractivity contribution in [3.05, 3.63) is 82.4 Å². The van der Waals surface area contributed by atoms with Gasteiger partial charge in [0.05, 0.1) is 27.4 Å². The van der Waals surface area contributed by atoms with Crippen molar-refractivity contribution in [2.24, 2.45) is 0 Å². The maximum Gasteiger partial charge on any atom is 0.347 e. The number of aromatic hydroxyl groups is 1. The minimum Gasteiger partial charge on any atom is -0.507 e. The number of ketones is 1. The average molecular weight is 705 g/mol. The molecule has 10 nitrogen and oxygen atoms in total. The highest BCUT2D eigenvalue weighted by molar-refractivity contribution is 5.98. The normalized spacial score (nSPS) is 13.5. The van der Waals surface area contributed by atoms with Gasteiger partial charge in [-0.1, -0.05) is 82.7 Å². The van der Waals surface area contributed by atoms with Gasteiger partial charge in [0.2, 0.25) is 0 Å². The number of methoxy groups -OCH3 is 2. The molecule has 3 aromatic carbocycles. The number of unbranched alkanes of at least 4 members (excludes halogenated alkanes) is 6. The smallest absolute Gasteiger partial charge is 0.347 e. The van der Waals surface area contributed by atoms with Gasteiger partial charge in [-0.05, 0) is 41.7 Å². The van der Waals surface area contributed by atoms with E-state index in [2.05, 4.69) is 13.8 Å². The molecule has 1 saturated heterocycles. The zero-order chi connectivity index (χ0) is 36.6. The molecule has 0 radical (unpaired) electrons. The van der Waals surface area contributed by atoms with Gasteiger partial charge in [-0.25, -0.2) is 9.59 Å². The highest BCUT2D eigenvalue weighted by Gasteiger charge is 2.38. The Hall–Kier alpha value is -4.41. The zero-order valence-electron chi connectivity index (χ0n) is 30.4. The molecule has 4 rings (SSSR count). The average Bonchev–Trinajstić information content (AvgIpc) is 3.58. The van der Waals surface area contributed by atoms with Crippen molar-refractivity contribution < 1.29 is 47.9 Å². The van der Waals surface area contributed by atoms with Crippen molar-refractivity contribution in [3.63, 3.8) is 0 Å². The standard InChI is InChI=1S/C41H52O10/c1-5-7-9-10-14-18-32(42)22-30-23-34(26-36(47-4)38(30)39(44)48-28-29-16-12-11-13-17-29)51-40(45)37-31(24-33(46-3)25-35(37)43)27-41(19-15-8-6-2)49-20-21-50-41/h11-13,16-17,23-26,43H,5-10,14-15,18-22,27-28H2,1-4H3. The summed E-state index contributed by atoms with van der Waals surface area (Å²) in [5, 5.41) is 11.1. The Morgan fingerprint density at radius 2 is 1.45 bits per heavy atom. The van der Waals surface area contributed by atoms with Crippen molar-refractivity contribution in [2.45, 2.75) is 103 Å². The molecule has 0 amide bonds. The van der Waals surface area contributed by atoms with Crippen LogP contribution in [0, 0.1) is 0 Å². The predicted octanol–water partition coefficient (Wildman–Crippen LogP) is 8.32. The van der Waals surface area contributed by atoms with Gasteiger partial charge in [-0.3, -0.25) is 4.79 Å². The lowest BCUT2D eigenvalue weighted by molar-refractivity contribution is -0.161. The van der Waals surface area contributed by atoms with Gasteiger partial charge < -0.3 is 33.5 Å². The maximum absolute atomic E-state index is 13.9. The fourth-order valence-corrected chi connectivity index (χ4v) is 6.33. The first-order valence-corrected chi connectivity index (χ1v) is 18.1. The number of Topliss-reactive ketones (excluding diaryl/α,β-unsaturated/α-hetero) is 1. The van der Waals surface area contributed by atoms with Gasteiger partial charge in [0.1, 0.15) is 46.5 Å². The van der Waals surface area contributed by atoms with Gasteiger partial charge in [0.15, 0.2) is 5.79 Å². The summed E-state index contributed by atoms with van der Waals surface area (Å²) in [4.78, 5) is 40.7. The van der Waals surface area contributed by atoms with E-state index in [9.17, 15) is 19.5 Å². The van der Waals surface area contributed by atoms with Gasteiger partial charge in [-0.15, -0.1) is 0 Å². The molecule has 10 heteroatoms. The molecule has 51 heavy (non-hydrogen) atoms. The molecule has 1 aliphatic heterocycles. The fraction of sp³-hybridized carbons (Fsp3) is 0.488. The van der Waals surface area contributed by atoms with Crippen molar-refractivity contribution in [3.8, 4) is 23.0 Å². The van der Waals surface area contributed by atoms with Crippen LogP contribution in [0.3, 0.4) is 0 Å². The van der Waals surface area contributed by atoms with Gasteiger partial charge in [0, 0.05) is 37.8 Å². The number of rotatable bonds is 21. The Kier molecular flexibility index (Phi) is 15.3. The number of benzene rings is 3. The Bertz CT molecular complexity index is 1590. The Morgan fingerprint density at radius 3 is 2.14 bits per heavy atom. The molecule has 1 N–H and O–H groups in total. The Labute approximate surface area is 301 Å². The zero-order valence-corrected chi connectivity index (χ0v) is 30.4. The van der Waals surface area contributed by atoms with Gasteiger partial charge in [0.25, 0.3) is 0 Å². The third kappa shape index (κ3) is 11.3. The summed E-state index contributed by atoms with van der Waals surface area (Å²) in [6, 6.07) is 15.2. The highest BCUT2D eigenvalue weighted by atomic mass is 16.7. The third-order valence-corrected chi connectivity index (χ3v) is 9.00. The van der Waals surface area contributed by atoms with E-state index >= 15 is 0 Å². The molecular formula is C41H52O10. The van der Waals surface area contributed by atoms with Crippen molar-refractivity contribution >= 4 is 17.7 Å². The van der Waals surface area contributed by atoms with Crippen LogP contribution in [0.1, 0.15) is 115 Å². The summed E-state index contributed by atoms with van der Waals surface area (Å²) in [6.07, 6.45) is 8.89. The second-order valence-electron chi connectivity index (χ2n) is 12.9. The molecule has 0 spiro atoms. The Morgan fingerprint density at radius 1 is 0.765 bits per heavy atom. The van der Waals surface area contributed by atoms with E-state index in [0.29, 0.717) is 42.9 Å². The molecule has 0 atom stereocenters. The van der Waals surface area contributed by atoms with Crippen LogP contribution in [0.15, 0.2) is 54.6 Å². The largest absolute Gasteiger partial charge is 0.507 e. The van der Waals surface area contributed by atoms with E-state index in [1.807, 2.05) is 30.3 Å². The van der Waals surface area contributed by atoms with E-state index in [4.69, 9.17) is 28.4 Å². The van der Waals surface area contributed by atoms with Crippen LogP contribution in [0.25, 0.3) is 0 Å². The summed E-state index contributed by atoms with van der Waals surface area (Å²) in [5.41, 5.74) is 1.57. The summed E-state index contributed by atoms with van der Waals surface area (Å²) in [6.45, 7) is 5.11. The molecule has 0 saturated carbocycles. The van der Waals surface area contributed by atoms with Crippen LogP contribution in [0.2, 0.25) is 0 Å². The number of esters is 2. The van der Waals surface area contributed by atoms with Gasteiger partial charge >= 0.3 is 11.9 Å². The number of carbonyl (C=O) groups excluding carboxylic acids is 3. The molecule has 276 valence electrons. The molecule has 0 bridgehead atoms. The first-order valence-electron chi connectivity index (χ1n) is 18.1. The molecule has 3 aromatic rings. The van der Waals surface area contributed by atoms with E-state index in [1.165, 1.54) is 32.4 Å². The monoisotopic (exact) mass is 704 g/mol. The van der Waals surface area contributed by atoms with Crippen LogP contribution in [0.4, 0.5) is 0 Å². The second-order valence-corrected chi connectivity index (χ2v) is 12.9. The third-order valence-electron chi connectivity index (χ3n) is 9.00. The molecule has 0 aliphatic carbocycles. The molecule has 1 fully saturated rings. The van der Waals surface area contributed by atoms with E-state index in [-0.39, 0.29) is 53.6 Å². The number of phenolic OH excluding ortho intramolecular Hbond substituents is 1. The van der Waals surface area contributed by atoms with E-state index < -0.39 is 17.7 Å². The number of phenols is 1. The molecule has 1 heterocycles. The highest BCUT2D eigenvalue weighted by Crippen LogP contribution is 2.37. The Balaban J connectivity index is 1.65. The lowest BCUT2D eigenvalue weighted by atomic mass is 9.94. The second kappa shape index (κ2) is 19.8. The lowest BCUT2D eigenvalue weighted by Gasteiger charge is -2.28. The van der Waals surface area contributed by atoms with Crippen molar-refractivity contribution in [1.29, 1.82) is 0 Å². The summed E-state index contributed by atoms with van der Waals surface area (Å²) in [7, 11) is 2.87. The number of hydrogen-bond acceptors (Lipinski definition) is 10. The van der Waals surface area contributed by atoms with Crippen LogP contribution in [-0.2, 0) is 38.5 Å². The SMILES string of the molecule is CCCCCCCC(=O)Cc1cc(OC(=O)c2c(O)cc(OC)cc2CC2(CCCCC)OCCO2)cc(OC)c1C(=O)OCc1ccccc1. The van der Waals surface area contributed by atoms with Crippen LogP contribution in [0.5, 0.6) is 23.0 Å². The van der Waals surface area contributed by atoms with Gasteiger partial charge in [-0.2, -0.15) is 0 Å². The van der Waals surface area contributed by atoms with Crippen LogP contribution < -0.4 is 14.2 Å². The minimum absolute atomic E-state index is 0.0251. The number of ether oxygens (including phenoxy) is 6. The van der Waals surface area contributed by atoms with Crippen LogP contribution >= 0.6 is 0 Å². The van der Waals surface area contributed by atoms with Crippen LogP contribution in [-0.4, -0.2) is 56.0 Å². The van der Waals surface area contributed by atoms with E-state index in [0.717, 1.165) is 56.9 Å². The van der Waals surface area contributed by atoms with Crippen molar-refractivity contribution in [1.82, 2.24) is 0 Å². The quantitative estimate of drug-likeness (QED) is 0.0657. The number of carbonyl (C=O) groups is 3. The molecule has 1 aliphatic rings. The number of hydrogen-bond donors (Lipinski definition) is 1. The topological polar surface area (TPSA) is 127 Å².